The molecule has 0 spiro atoms. The molecule has 0 heterocycles. The van der Waals surface area contributed by atoms with Gasteiger partial charge < -0.3 is 9.84 Å². The van der Waals surface area contributed by atoms with Crippen molar-refractivity contribution in [3.05, 3.63) is 35.4 Å². The summed E-state index contributed by atoms with van der Waals surface area (Å²) in [4.78, 5) is 11.5. The quantitative estimate of drug-likeness (QED) is 0.444. The fourth-order valence-electron chi connectivity index (χ4n) is 8.67. The van der Waals surface area contributed by atoms with Crippen LogP contribution < -0.4 is 0 Å². The van der Waals surface area contributed by atoms with E-state index in [0.717, 1.165) is 42.6 Å². The summed E-state index contributed by atoms with van der Waals surface area (Å²) in [5, 5.41) is 11.4. The van der Waals surface area contributed by atoms with E-state index in [9.17, 15) is 9.90 Å². The largest absolute Gasteiger partial charge is 0.381 e. The SMILES string of the molecule is CO[C@H]1CCC2C3CCC4C[C@@](O)(C#Cc5ccc(C(C)=O)cc5)CC[C@]4(C)C3CC[C@@]21C. The van der Waals surface area contributed by atoms with Gasteiger partial charge in [0.15, 0.2) is 5.78 Å². The van der Waals surface area contributed by atoms with Gasteiger partial charge in [0.25, 0.3) is 0 Å². The molecule has 4 aliphatic carbocycles. The van der Waals surface area contributed by atoms with Crippen LogP contribution in [0, 0.1) is 46.3 Å². The Morgan fingerprint density at radius 3 is 2.39 bits per heavy atom. The molecule has 5 rings (SSSR count). The number of aliphatic hydroxyl groups is 1. The molecule has 0 aromatic heterocycles. The topological polar surface area (TPSA) is 46.5 Å². The molecule has 0 aliphatic heterocycles. The Kier molecular flexibility index (Phi) is 5.78. The van der Waals surface area contributed by atoms with Crippen molar-refractivity contribution in [2.75, 3.05) is 7.11 Å². The van der Waals surface area contributed by atoms with Gasteiger partial charge in [-0.3, -0.25) is 4.79 Å². The fourth-order valence-corrected chi connectivity index (χ4v) is 8.67. The number of Topliss-reactive ketones (excluding diaryl/α,β-unsaturated/α-hetero) is 1. The van der Waals surface area contributed by atoms with Gasteiger partial charge in [-0.2, -0.15) is 0 Å². The third-order valence-corrected chi connectivity index (χ3v) is 10.7. The average molecular weight is 449 g/mol. The number of ketones is 1. The van der Waals surface area contributed by atoms with Gasteiger partial charge in [0.1, 0.15) is 5.60 Å². The van der Waals surface area contributed by atoms with E-state index in [4.69, 9.17) is 4.74 Å². The highest BCUT2D eigenvalue weighted by atomic mass is 16.5. The molecule has 0 amide bonds. The minimum Gasteiger partial charge on any atom is -0.381 e. The van der Waals surface area contributed by atoms with Crippen molar-refractivity contribution >= 4 is 5.78 Å². The molecule has 4 saturated carbocycles. The maximum absolute atomic E-state index is 11.5. The molecule has 0 radical (unpaired) electrons. The summed E-state index contributed by atoms with van der Waals surface area (Å²) in [7, 11) is 1.91. The van der Waals surface area contributed by atoms with Crippen LogP contribution in [0.1, 0.15) is 94.5 Å². The van der Waals surface area contributed by atoms with Crippen molar-refractivity contribution in [3.63, 3.8) is 0 Å². The zero-order valence-electron chi connectivity index (χ0n) is 20.8. The van der Waals surface area contributed by atoms with E-state index in [-0.39, 0.29) is 5.78 Å². The number of benzene rings is 1. The van der Waals surface area contributed by atoms with Crippen molar-refractivity contribution < 1.29 is 14.6 Å². The van der Waals surface area contributed by atoms with Crippen LogP contribution in [0.15, 0.2) is 24.3 Å². The molecule has 4 aliphatic rings. The standard InChI is InChI=1S/C30H40O3/c1-20(31)22-7-5-21(6-8-22)13-16-30(32)18-17-28(2)23(19-30)9-10-24-25-11-12-27(33-4)29(25,3)15-14-26(24)28/h5-8,23-27,32H,9-12,14-15,17-19H2,1-4H3/t23?,24?,25?,26?,27-,28-,29-,30+/m0/s1. The molecule has 8 atom stereocenters. The Balaban J connectivity index is 1.32. The fraction of sp³-hybridized carbons (Fsp3) is 0.700. The summed E-state index contributed by atoms with van der Waals surface area (Å²) < 4.78 is 5.94. The number of hydrogen-bond acceptors (Lipinski definition) is 3. The second kappa shape index (κ2) is 8.24. The molecule has 4 unspecified atom stereocenters. The van der Waals surface area contributed by atoms with Gasteiger partial charge in [0, 0.05) is 18.2 Å². The molecular formula is C30H40O3. The van der Waals surface area contributed by atoms with E-state index < -0.39 is 5.60 Å². The van der Waals surface area contributed by atoms with Gasteiger partial charge in [-0.1, -0.05) is 37.8 Å². The van der Waals surface area contributed by atoms with Crippen LogP contribution in [0.4, 0.5) is 0 Å². The van der Waals surface area contributed by atoms with Crippen LogP contribution in [0.2, 0.25) is 0 Å². The lowest BCUT2D eigenvalue weighted by atomic mass is 9.44. The van der Waals surface area contributed by atoms with Gasteiger partial charge in [-0.15, -0.1) is 0 Å². The van der Waals surface area contributed by atoms with Gasteiger partial charge >= 0.3 is 0 Å². The average Bonchev–Trinajstić information content (AvgIpc) is 3.15. The van der Waals surface area contributed by atoms with E-state index >= 15 is 0 Å². The van der Waals surface area contributed by atoms with Crippen LogP contribution in [-0.4, -0.2) is 29.7 Å². The van der Waals surface area contributed by atoms with Crippen LogP contribution in [0.3, 0.4) is 0 Å². The maximum Gasteiger partial charge on any atom is 0.159 e. The maximum atomic E-state index is 11.5. The predicted molar refractivity (Wildman–Crippen MR) is 131 cm³/mol. The molecule has 1 N–H and O–H groups in total. The van der Waals surface area contributed by atoms with Gasteiger partial charge in [-0.05, 0) is 111 Å². The highest BCUT2D eigenvalue weighted by Gasteiger charge is 2.61. The number of carbonyl (C=O) groups excluding carboxylic acids is 1. The first-order valence-corrected chi connectivity index (χ1v) is 13.1. The van der Waals surface area contributed by atoms with E-state index in [1.54, 1.807) is 6.92 Å². The number of methoxy groups -OCH3 is 1. The minimum atomic E-state index is -0.895. The Labute approximate surface area is 199 Å². The summed E-state index contributed by atoms with van der Waals surface area (Å²) in [6.07, 6.45) is 10.8. The van der Waals surface area contributed by atoms with Gasteiger partial charge in [0.2, 0.25) is 0 Å². The zero-order valence-corrected chi connectivity index (χ0v) is 20.8. The molecule has 0 bridgehead atoms. The van der Waals surface area contributed by atoms with Crippen molar-refractivity contribution in [2.45, 2.75) is 90.3 Å². The highest BCUT2D eigenvalue weighted by Crippen LogP contribution is 2.67. The summed E-state index contributed by atoms with van der Waals surface area (Å²) in [6.45, 7) is 6.61. The summed E-state index contributed by atoms with van der Waals surface area (Å²) >= 11 is 0. The lowest BCUT2D eigenvalue weighted by Gasteiger charge is -2.61. The third kappa shape index (κ3) is 3.78. The number of rotatable bonds is 2. The van der Waals surface area contributed by atoms with Crippen LogP contribution in [-0.2, 0) is 4.74 Å². The van der Waals surface area contributed by atoms with Crippen molar-refractivity contribution in [2.24, 2.45) is 34.5 Å². The Bertz CT molecular complexity index is 970. The van der Waals surface area contributed by atoms with Crippen molar-refractivity contribution in [1.82, 2.24) is 0 Å². The molecular weight excluding hydrogens is 408 g/mol. The van der Waals surface area contributed by atoms with E-state index in [0.29, 0.717) is 28.4 Å². The van der Waals surface area contributed by atoms with Crippen molar-refractivity contribution in [3.8, 4) is 11.8 Å². The Morgan fingerprint density at radius 1 is 0.970 bits per heavy atom. The van der Waals surface area contributed by atoms with E-state index in [2.05, 4.69) is 25.7 Å². The molecule has 1 aromatic rings. The Morgan fingerprint density at radius 2 is 1.70 bits per heavy atom. The lowest BCUT2D eigenvalue weighted by molar-refractivity contribution is -0.146. The normalized spacial score (nSPS) is 44.1. The molecule has 1 aromatic carbocycles. The van der Waals surface area contributed by atoms with Crippen LogP contribution >= 0.6 is 0 Å². The number of carbonyl (C=O) groups is 1. The number of ether oxygens (including phenoxy) is 1. The third-order valence-electron chi connectivity index (χ3n) is 10.7. The zero-order chi connectivity index (χ0) is 23.4. The predicted octanol–water partition coefficient (Wildman–Crippen LogP) is 6.03. The molecule has 4 fully saturated rings. The lowest BCUT2D eigenvalue weighted by Crippen LogP contribution is -2.56. The first kappa shape index (κ1) is 23.1. The first-order chi connectivity index (χ1) is 15.7. The van der Waals surface area contributed by atoms with Crippen molar-refractivity contribution in [1.29, 1.82) is 0 Å². The molecule has 0 saturated heterocycles. The smallest absolute Gasteiger partial charge is 0.159 e. The van der Waals surface area contributed by atoms with Gasteiger partial charge in [0.05, 0.1) is 6.10 Å². The summed E-state index contributed by atoms with van der Waals surface area (Å²) in [6, 6.07) is 7.42. The van der Waals surface area contributed by atoms with Crippen LogP contribution in [0.25, 0.3) is 0 Å². The van der Waals surface area contributed by atoms with Gasteiger partial charge in [-0.25, -0.2) is 0 Å². The molecule has 3 heteroatoms. The van der Waals surface area contributed by atoms with Crippen LogP contribution in [0.5, 0.6) is 0 Å². The first-order valence-electron chi connectivity index (χ1n) is 13.1. The summed E-state index contributed by atoms with van der Waals surface area (Å²) in [5.41, 5.74) is 1.36. The monoisotopic (exact) mass is 448 g/mol. The molecule has 33 heavy (non-hydrogen) atoms. The second-order valence-corrected chi connectivity index (χ2v) is 12.1. The van der Waals surface area contributed by atoms with E-state index in [1.165, 1.54) is 38.5 Å². The second-order valence-electron chi connectivity index (χ2n) is 12.1. The van der Waals surface area contributed by atoms with E-state index in [1.807, 2.05) is 31.4 Å². The highest BCUT2D eigenvalue weighted by molar-refractivity contribution is 5.94. The molecule has 3 nitrogen and oxygen atoms in total. The molecule has 178 valence electrons. The number of hydrogen-bond donors (Lipinski definition) is 1. The minimum absolute atomic E-state index is 0.0636. The number of fused-ring (bicyclic) bond motifs is 5. The Hall–Kier alpha value is -1.63. The summed E-state index contributed by atoms with van der Waals surface area (Å²) in [5.74, 6) is 9.47.